The molecule has 0 spiro atoms. The summed E-state index contributed by atoms with van der Waals surface area (Å²) in [5.41, 5.74) is 6.96. The van der Waals surface area contributed by atoms with Crippen LogP contribution in [0.4, 0.5) is 18.9 Å². The van der Waals surface area contributed by atoms with Crippen LogP contribution in [-0.4, -0.2) is 88.8 Å². The third-order valence-corrected chi connectivity index (χ3v) is 6.32. The van der Waals surface area contributed by atoms with E-state index in [4.69, 9.17) is 20.4 Å². The lowest BCUT2D eigenvalue weighted by Crippen LogP contribution is -2.58. The number of ether oxygens (including phenoxy) is 1. The van der Waals surface area contributed by atoms with Crippen molar-refractivity contribution in [2.45, 2.75) is 50.7 Å². The van der Waals surface area contributed by atoms with Crippen LogP contribution in [-0.2, 0) is 35.3 Å². The number of hydrogen-bond acceptors (Lipinski definition) is 7. The predicted octanol–water partition coefficient (Wildman–Crippen LogP) is 1.78. The average Bonchev–Trinajstić information content (AvgIpc) is 3.48. The van der Waals surface area contributed by atoms with E-state index in [-0.39, 0.29) is 26.3 Å². The number of carboxylic acid groups (broad SMARTS) is 2. The molecule has 0 radical (unpaired) electrons. The summed E-state index contributed by atoms with van der Waals surface area (Å²) in [7, 11) is 0. The smallest absolute Gasteiger partial charge is 0.480 e. The molecule has 0 saturated carbocycles. The number of nitrogens with two attached hydrogens (primary N) is 1. The van der Waals surface area contributed by atoms with Crippen molar-refractivity contribution in [3.63, 3.8) is 0 Å². The molecule has 0 aliphatic carbocycles. The van der Waals surface area contributed by atoms with Crippen molar-refractivity contribution in [2.24, 2.45) is 5.73 Å². The minimum absolute atomic E-state index is 0.162. The van der Waals surface area contributed by atoms with E-state index in [1.54, 1.807) is 30.3 Å². The maximum atomic E-state index is 13.4. The molecule has 234 valence electrons. The van der Waals surface area contributed by atoms with Gasteiger partial charge in [-0.3, -0.25) is 19.3 Å². The topological polar surface area (TPSA) is 180 Å². The molecule has 43 heavy (non-hydrogen) atoms. The van der Waals surface area contributed by atoms with Gasteiger partial charge in [0.25, 0.3) is 0 Å². The van der Waals surface area contributed by atoms with Crippen molar-refractivity contribution in [2.75, 3.05) is 24.6 Å². The number of aliphatic carboxylic acids is 2. The zero-order valence-electron chi connectivity index (χ0n) is 23.2. The Balaban J connectivity index is 0.000000821. The number of carboxylic acids is 2. The van der Waals surface area contributed by atoms with Gasteiger partial charge >= 0.3 is 18.1 Å². The lowest BCUT2D eigenvalue weighted by molar-refractivity contribution is -0.192. The van der Waals surface area contributed by atoms with Gasteiger partial charge in [0.05, 0.1) is 19.8 Å². The molecular weight excluding hydrogens is 577 g/mol. The van der Waals surface area contributed by atoms with Gasteiger partial charge in [0.15, 0.2) is 0 Å². The molecule has 1 aliphatic heterocycles. The molecule has 3 rings (SSSR count). The summed E-state index contributed by atoms with van der Waals surface area (Å²) in [5.74, 6) is -5.43. The van der Waals surface area contributed by atoms with E-state index >= 15 is 0 Å². The van der Waals surface area contributed by atoms with E-state index in [0.717, 1.165) is 5.56 Å². The van der Waals surface area contributed by atoms with Gasteiger partial charge in [-0.15, -0.1) is 0 Å². The van der Waals surface area contributed by atoms with Gasteiger partial charge in [-0.2, -0.15) is 13.2 Å². The molecule has 5 N–H and O–H groups in total. The van der Waals surface area contributed by atoms with E-state index in [9.17, 15) is 37.5 Å². The molecule has 3 atom stereocenters. The summed E-state index contributed by atoms with van der Waals surface area (Å²) < 4.78 is 37.5. The van der Waals surface area contributed by atoms with Crippen LogP contribution in [0.25, 0.3) is 0 Å². The Morgan fingerprint density at radius 3 is 2.12 bits per heavy atom. The molecule has 15 heteroatoms. The molecule has 2 aromatic carbocycles. The van der Waals surface area contributed by atoms with Crippen LogP contribution < -0.4 is 16.0 Å². The van der Waals surface area contributed by atoms with E-state index in [1.165, 1.54) is 16.7 Å². The first-order valence-corrected chi connectivity index (χ1v) is 13.1. The Labute approximate surface area is 245 Å². The number of anilines is 1. The van der Waals surface area contributed by atoms with Crippen LogP contribution in [0.3, 0.4) is 0 Å². The number of para-hydroxylation sites is 1. The van der Waals surface area contributed by atoms with E-state index < -0.39 is 54.0 Å². The molecule has 1 aliphatic rings. The fourth-order valence-electron chi connectivity index (χ4n) is 4.21. The third kappa shape index (κ3) is 10.4. The van der Waals surface area contributed by atoms with E-state index in [1.807, 2.05) is 30.3 Å². The van der Waals surface area contributed by atoms with Crippen LogP contribution in [0, 0.1) is 0 Å². The van der Waals surface area contributed by atoms with Gasteiger partial charge in [-0.25, -0.2) is 9.59 Å². The maximum absolute atomic E-state index is 13.4. The summed E-state index contributed by atoms with van der Waals surface area (Å²) in [6.45, 7) is 1.56. The number of carbonyl (C=O) groups is 5. The van der Waals surface area contributed by atoms with Gasteiger partial charge in [-0.1, -0.05) is 48.5 Å². The first kappa shape index (κ1) is 34.7. The van der Waals surface area contributed by atoms with Crippen molar-refractivity contribution in [1.82, 2.24) is 10.2 Å². The van der Waals surface area contributed by atoms with Gasteiger partial charge in [0, 0.05) is 12.2 Å². The fourth-order valence-corrected chi connectivity index (χ4v) is 4.21. The first-order valence-electron chi connectivity index (χ1n) is 13.1. The van der Waals surface area contributed by atoms with Crippen LogP contribution in [0.5, 0.6) is 0 Å². The number of nitrogens with zero attached hydrogens (tertiary/aromatic N) is 2. The normalized spacial score (nSPS) is 15.8. The highest BCUT2D eigenvalue weighted by Gasteiger charge is 2.39. The second kappa shape index (κ2) is 16.2. The molecule has 0 aromatic heterocycles. The lowest BCUT2D eigenvalue weighted by Gasteiger charge is -2.31. The number of nitrogens with one attached hydrogen (secondary N) is 1. The Hall–Kier alpha value is -4.50. The first-order chi connectivity index (χ1) is 20.3. The van der Waals surface area contributed by atoms with Crippen molar-refractivity contribution in [1.29, 1.82) is 0 Å². The fraction of sp³-hybridized carbons (Fsp3) is 0.393. The number of halogens is 3. The Bertz CT molecular complexity index is 1250. The summed E-state index contributed by atoms with van der Waals surface area (Å²) in [6, 6.07) is 14.9. The predicted molar refractivity (Wildman–Crippen MR) is 147 cm³/mol. The quantitative estimate of drug-likeness (QED) is 0.295. The highest BCUT2D eigenvalue weighted by atomic mass is 19.4. The second-order valence-electron chi connectivity index (χ2n) is 9.37. The number of hydrogen-bond donors (Lipinski definition) is 4. The van der Waals surface area contributed by atoms with Gasteiger partial charge in [-0.05, 0) is 37.5 Å². The number of carbonyl (C=O) groups excluding carboxylic acids is 3. The number of rotatable bonds is 11. The maximum Gasteiger partial charge on any atom is 0.490 e. The number of benzene rings is 2. The van der Waals surface area contributed by atoms with E-state index in [0.29, 0.717) is 18.5 Å². The van der Waals surface area contributed by atoms with Crippen molar-refractivity contribution >= 4 is 35.3 Å². The van der Waals surface area contributed by atoms with Crippen molar-refractivity contribution < 1.29 is 52.1 Å². The second-order valence-corrected chi connectivity index (χ2v) is 9.37. The number of alkyl halides is 3. The highest BCUT2D eigenvalue weighted by Crippen LogP contribution is 2.20. The summed E-state index contributed by atoms with van der Waals surface area (Å²) in [5, 5.41) is 19.3. The van der Waals surface area contributed by atoms with Crippen LogP contribution in [0.15, 0.2) is 60.7 Å². The molecule has 1 fully saturated rings. The van der Waals surface area contributed by atoms with Crippen LogP contribution in [0.2, 0.25) is 0 Å². The molecular formula is C28H33F3N4O8. The Morgan fingerprint density at radius 2 is 1.60 bits per heavy atom. The lowest BCUT2D eigenvalue weighted by atomic mass is 10.1. The number of amides is 3. The van der Waals surface area contributed by atoms with Crippen molar-refractivity contribution in [3.05, 3.63) is 66.2 Å². The highest BCUT2D eigenvalue weighted by molar-refractivity contribution is 6.02. The van der Waals surface area contributed by atoms with Crippen molar-refractivity contribution in [3.8, 4) is 0 Å². The third-order valence-electron chi connectivity index (χ3n) is 6.32. The van der Waals surface area contributed by atoms with Gasteiger partial charge in [0.2, 0.25) is 17.7 Å². The largest absolute Gasteiger partial charge is 0.490 e. The Morgan fingerprint density at radius 1 is 1.05 bits per heavy atom. The zero-order chi connectivity index (χ0) is 32.2. The zero-order valence-corrected chi connectivity index (χ0v) is 23.2. The molecule has 1 heterocycles. The molecule has 1 saturated heterocycles. The van der Waals surface area contributed by atoms with Crippen LogP contribution in [0.1, 0.15) is 25.3 Å². The molecule has 12 nitrogen and oxygen atoms in total. The van der Waals surface area contributed by atoms with Gasteiger partial charge < -0.3 is 30.9 Å². The minimum Gasteiger partial charge on any atom is -0.480 e. The molecule has 0 bridgehead atoms. The molecule has 3 amide bonds. The Kier molecular flexibility index (Phi) is 13.1. The summed E-state index contributed by atoms with van der Waals surface area (Å²) in [6.07, 6.45) is -4.19. The standard InChI is InChI=1S/C26H32N4O6.C2HF3O2/c1-18(30(23(31)15-27)20-11-6-3-7-12-20)24(32)28-21(17-36-16-19-9-4-2-5-10-19)25(33)29-14-8-13-22(29)26(34)35;3-2(4,5)1(6)7/h2-7,9-12,18,21-22H,8,13-17,27H2,1H3,(H,28,32)(H,34,35);(H,6,7). The molecule has 3 unspecified atom stereocenters. The van der Waals surface area contributed by atoms with E-state index in [2.05, 4.69) is 5.32 Å². The molecule has 2 aromatic rings. The SMILES string of the molecule is CC(C(=O)NC(COCc1ccccc1)C(=O)N1CCCC1C(=O)O)N(C(=O)CN)c1ccccc1.O=C(O)C(F)(F)F. The van der Waals surface area contributed by atoms with Crippen LogP contribution >= 0.6 is 0 Å². The minimum atomic E-state index is -5.08. The number of likely N-dealkylation sites (tertiary alicyclic amines) is 1. The monoisotopic (exact) mass is 610 g/mol. The van der Waals surface area contributed by atoms with Gasteiger partial charge in [0.1, 0.15) is 18.1 Å². The summed E-state index contributed by atoms with van der Waals surface area (Å²) >= 11 is 0. The average molecular weight is 611 g/mol. The summed E-state index contributed by atoms with van der Waals surface area (Å²) in [4.78, 5) is 62.3.